The van der Waals surface area contributed by atoms with Crippen molar-refractivity contribution < 1.29 is 69.3 Å². The lowest BCUT2D eigenvalue weighted by atomic mass is 10.1. The van der Waals surface area contributed by atoms with Crippen LogP contribution in [0.2, 0.25) is 0 Å². The van der Waals surface area contributed by atoms with Crippen LogP contribution >= 0.6 is 47.8 Å². The zero-order valence-corrected chi connectivity index (χ0v) is 76.2. The summed E-state index contributed by atoms with van der Waals surface area (Å²) in [6.07, 6.45) is 5.38. The van der Waals surface area contributed by atoms with Crippen molar-refractivity contribution in [2.45, 2.75) is 199 Å². The maximum absolute atomic E-state index is 12.9. The second-order valence-corrected chi connectivity index (χ2v) is 32.4. The van der Waals surface area contributed by atoms with E-state index in [1.807, 2.05) is 132 Å². The summed E-state index contributed by atoms with van der Waals surface area (Å²) in [6.45, 7) is 38.8. The Morgan fingerprint density at radius 3 is 1.02 bits per heavy atom. The second kappa shape index (κ2) is 46.6. The Hall–Kier alpha value is -11.7. The number of amides is 1. The van der Waals surface area contributed by atoms with Crippen LogP contribution in [-0.2, 0) is 55.3 Å². The van der Waals surface area contributed by atoms with Gasteiger partial charge in [-0.2, -0.15) is 26.3 Å². The number of aryl methyl sites for hydroxylation is 11. The molecule has 6 aromatic carbocycles. The van der Waals surface area contributed by atoms with E-state index < -0.39 is 46.2 Å². The number of esters is 4. The van der Waals surface area contributed by atoms with Crippen LogP contribution in [0.5, 0.6) is 0 Å². The van der Waals surface area contributed by atoms with Gasteiger partial charge in [0.15, 0.2) is 29.1 Å². The highest BCUT2D eigenvalue weighted by molar-refractivity contribution is 9.12. The van der Waals surface area contributed by atoms with E-state index in [0.717, 1.165) is 86.0 Å². The predicted molar refractivity (Wildman–Crippen MR) is 476 cm³/mol. The molecule has 0 aliphatic carbocycles. The fourth-order valence-electron chi connectivity index (χ4n) is 11.3. The van der Waals surface area contributed by atoms with Gasteiger partial charge in [-0.05, 0) is 246 Å². The summed E-state index contributed by atoms with van der Waals surface area (Å²) >= 11 is 10.0. The molecule has 34 heteroatoms. The Kier molecular flexibility index (Phi) is 38.6. The Morgan fingerprint density at radius 1 is 0.382 bits per heavy atom. The third-order valence-corrected chi connectivity index (χ3v) is 19.0. The van der Waals surface area contributed by atoms with E-state index >= 15 is 0 Å². The number of rotatable bonds is 20. The summed E-state index contributed by atoms with van der Waals surface area (Å²) in [6, 6.07) is 32.3. The van der Waals surface area contributed by atoms with Crippen LogP contribution in [0.4, 0.5) is 26.3 Å². The Labute approximate surface area is 737 Å². The van der Waals surface area contributed by atoms with Crippen LogP contribution in [0, 0.1) is 76.2 Å². The van der Waals surface area contributed by atoms with E-state index in [-0.39, 0.29) is 64.6 Å². The van der Waals surface area contributed by atoms with Crippen molar-refractivity contribution in [3.8, 4) is 56.9 Å². The number of hydrogen-bond acceptors (Lipinski definition) is 19. The fraction of sp³-hybridized carbons (Fsp3) is 0.337. The molecule has 0 aliphatic heterocycles. The van der Waals surface area contributed by atoms with Gasteiger partial charge < -0.3 is 24.7 Å². The molecular weight excluding hydrogens is 1790 g/mol. The van der Waals surface area contributed by atoms with Gasteiger partial charge in [0.25, 0.3) is 0 Å². The van der Waals surface area contributed by atoms with Crippen LogP contribution in [0.15, 0.2) is 163 Å². The molecule has 1 amide bonds. The molecule has 0 fully saturated rings. The summed E-state index contributed by atoms with van der Waals surface area (Å²) in [4.78, 5) is 78.0. The average Bonchev–Trinajstić information content (AvgIpc) is 1.75. The maximum atomic E-state index is 12.9. The van der Waals surface area contributed by atoms with E-state index in [0.29, 0.717) is 51.1 Å². The molecular formula is C89H103Br3F6N16O9. The lowest BCUT2D eigenvalue weighted by Crippen LogP contribution is -2.27. The molecule has 123 heavy (non-hydrogen) atoms. The van der Waals surface area contributed by atoms with E-state index in [1.54, 1.807) is 117 Å². The number of carbonyl (C=O) groups is 5. The molecule has 5 heterocycles. The van der Waals surface area contributed by atoms with E-state index in [2.05, 4.69) is 122 Å². The Morgan fingerprint density at radius 2 is 0.667 bits per heavy atom. The van der Waals surface area contributed by atoms with Crippen LogP contribution in [0.25, 0.3) is 81.7 Å². The molecule has 2 atom stereocenters. The predicted octanol–water partition coefficient (Wildman–Crippen LogP) is 20.8. The van der Waals surface area contributed by atoms with Crippen LogP contribution in [-0.4, -0.2) is 133 Å². The first-order valence-electron chi connectivity index (χ1n) is 38.1. The van der Waals surface area contributed by atoms with Gasteiger partial charge in [0.1, 0.15) is 45.9 Å². The average molecular weight is 1890 g/mol. The van der Waals surface area contributed by atoms with Gasteiger partial charge >= 0.3 is 36.2 Å². The number of primary amides is 1. The minimum absolute atomic E-state index is 0. The number of ether oxygens (including phenoxy) is 4. The highest BCUT2D eigenvalue weighted by Crippen LogP contribution is 2.34. The van der Waals surface area contributed by atoms with Gasteiger partial charge in [-0.15, -0.1) is 25.5 Å². The molecule has 656 valence electrons. The van der Waals surface area contributed by atoms with Crippen molar-refractivity contribution in [1.29, 1.82) is 0 Å². The van der Waals surface area contributed by atoms with Crippen molar-refractivity contribution in [2.75, 3.05) is 0 Å². The second-order valence-electron chi connectivity index (χ2n) is 29.6. The molecule has 11 rings (SSSR count). The number of aromatic nitrogens is 15. The van der Waals surface area contributed by atoms with Gasteiger partial charge in [-0.25, -0.2) is 62.7 Å². The molecule has 0 saturated carbocycles. The summed E-state index contributed by atoms with van der Waals surface area (Å²) in [5.74, 6) is 0.487. The molecule has 0 spiro atoms. The van der Waals surface area contributed by atoms with Gasteiger partial charge in [-0.1, -0.05) is 125 Å². The molecule has 5 aromatic heterocycles. The topological polar surface area (TPSA) is 302 Å². The SMILES string of the molecule is C.C/C(=C\n1cnc(-c2cc(C)cc(C)c2)n1)C(=O)OC(C)C.C/C(=C\n1cnc(-c2cc(C)cc(C)c2)n1)C(N)=O.Cc1cc(-c2ncn(/C=C\C(=O)OC(C)C)n2)cc(C(F)(F)F)c1.Cc1cc(C)cc(-c2ncn(/C=C(\Br)C(=O)OC(C)C)n2)c1.Cc1cc(C)cc(-c2ncn(C(Br)C(Br)C(=O)OC(C)C)n2)c1.Cc1cc(C)cc(C(F)(F)F)c1. The molecule has 0 aliphatic rings. The zero-order chi connectivity index (χ0) is 90.9. The minimum atomic E-state index is -4.44. The van der Waals surface area contributed by atoms with Crippen molar-refractivity contribution in [1.82, 2.24) is 73.8 Å². The van der Waals surface area contributed by atoms with Gasteiger partial charge in [-0.3, -0.25) is 9.59 Å². The standard InChI is InChI=1S/C17H21N3O2.C16H19Br2N3O2.C16H18BrN3O2.C16H16F3N3O2.C14H16N4O.C9H9F3.CH4/c1-11(2)22-17(21)14(5)9-20-10-18-16(19-20)15-7-12(3)6-13(4)8-15;1-9(2)23-16(22)13(17)14(18)21-8-19-15(20-21)12-6-10(3)5-11(4)7-12;1-10(2)22-16(21)14(17)8-20-9-18-15(19-20)13-6-11(3)5-12(4)7-13;1-10(2)24-14(23)4-5-22-9-20-15(21-22)12-6-11(3)7-13(8-12)16(17,18)19;1-9-4-10(2)6-12(5-9)14-16-8-18(17-14)7-11(3)13(15)19;1-6-3-7(2)5-8(4-6)9(10,11)12;/h6-11H,1-5H3;5-9,13-14H,1-4H3;5-10H,1-4H3;4-10H,1-3H3;4-8H,1-3H3,(H2,15,19);3-5H,1-2H3;1H4/b14-9+;;14-8-;5-4-;11-7+;;. The monoisotopic (exact) mass is 1890 g/mol. The quantitative estimate of drug-likeness (QED) is 0.0244. The number of benzene rings is 6. The van der Waals surface area contributed by atoms with Crippen LogP contribution in [0.3, 0.4) is 0 Å². The van der Waals surface area contributed by atoms with Gasteiger partial charge in [0.2, 0.25) is 5.91 Å². The van der Waals surface area contributed by atoms with E-state index in [4.69, 9.17) is 24.7 Å². The highest BCUT2D eigenvalue weighted by atomic mass is 79.9. The molecule has 2 unspecified atom stereocenters. The molecule has 25 nitrogen and oxygen atoms in total. The number of nitrogens with two attached hydrogens (primary N) is 1. The summed E-state index contributed by atoms with van der Waals surface area (Å²) in [5, 5.41) is 21.6. The number of hydrogen-bond donors (Lipinski definition) is 1. The lowest BCUT2D eigenvalue weighted by Gasteiger charge is -2.17. The van der Waals surface area contributed by atoms with Gasteiger partial charge in [0, 0.05) is 58.1 Å². The molecule has 0 radical (unpaired) electrons. The Bertz CT molecular complexity index is 5360. The largest absolute Gasteiger partial charge is 0.462 e. The zero-order valence-electron chi connectivity index (χ0n) is 71.5. The smallest absolute Gasteiger partial charge is 0.416 e. The van der Waals surface area contributed by atoms with Crippen molar-refractivity contribution in [3.05, 3.63) is 235 Å². The number of nitrogens with zero attached hydrogens (tertiary/aromatic N) is 15. The van der Waals surface area contributed by atoms with E-state index in [9.17, 15) is 50.3 Å². The van der Waals surface area contributed by atoms with Crippen LogP contribution in [0.1, 0.15) is 154 Å². The third-order valence-electron chi connectivity index (χ3n) is 15.9. The summed E-state index contributed by atoms with van der Waals surface area (Å²) in [7, 11) is 0. The first kappa shape index (κ1) is 102. The van der Waals surface area contributed by atoms with Crippen LogP contribution < -0.4 is 5.73 Å². The molecule has 11 aromatic rings. The van der Waals surface area contributed by atoms with Crippen molar-refractivity contribution >= 4 is 102 Å². The lowest BCUT2D eigenvalue weighted by molar-refractivity contribution is -0.147. The van der Waals surface area contributed by atoms with E-state index in [1.165, 1.54) is 48.6 Å². The highest BCUT2D eigenvalue weighted by Gasteiger charge is 2.33. The fourth-order valence-corrected chi connectivity index (χ4v) is 12.3. The molecule has 0 bridgehead atoms. The van der Waals surface area contributed by atoms with Crippen molar-refractivity contribution in [3.63, 3.8) is 0 Å². The molecule has 2 N–H and O–H groups in total. The summed E-state index contributed by atoms with van der Waals surface area (Å²) in [5.41, 5.74) is 19.8. The van der Waals surface area contributed by atoms with Crippen molar-refractivity contribution in [2.24, 2.45) is 5.73 Å². The molecule has 0 saturated heterocycles. The number of alkyl halides is 8. The maximum Gasteiger partial charge on any atom is 0.416 e. The first-order chi connectivity index (χ1) is 57.0. The number of halogens is 9. The first-order valence-corrected chi connectivity index (χ1v) is 40.7. The third kappa shape index (κ3) is 34.3. The summed E-state index contributed by atoms with van der Waals surface area (Å²) < 4.78 is 103. The minimum Gasteiger partial charge on any atom is -0.462 e. The number of carbonyl (C=O) groups excluding carboxylic acids is 5. The van der Waals surface area contributed by atoms with Gasteiger partial charge in [0.05, 0.1) is 47.3 Å². The normalized spacial score (nSPS) is 12.1. The Balaban J connectivity index is 0.000000264.